The summed E-state index contributed by atoms with van der Waals surface area (Å²) in [5, 5.41) is 6.62. The van der Waals surface area contributed by atoms with Crippen LogP contribution in [0.5, 0.6) is 17.2 Å². The van der Waals surface area contributed by atoms with Gasteiger partial charge >= 0.3 is 0 Å². The molecule has 0 unspecified atom stereocenters. The third kappa shape index (κ3) is 7.56. The molecule has 0 aliphatic heterocycles. The van der Waals surface area contributed by atoms with Crippen molar-refractivity contribution in [2.24, 2.45) is 4.99 Å². The summed E-state index contributed by atoms with van der Waals surface area (Å²) in [5.74, 6) is 2.53. The highest BCUT2D eigenvalue weighted by Gasteiger charge is 2.13. The second kappa shape index (κ2) is 13.9. The molecule has 0 aliphatic rings. The number of guanidine groups is 1. The zero-order valence-electron chi connectivity index (χ0n) is 18.3. The Labute approximate surface area is 196 Å². The molecular formula is C22H32IN3O4. The van der Waals surface area contributed by atoms with E-state index in [0.717, 1.165) is 12.2 Å². The van der Waals surface area contributed by atoms with E-state index in [1.54, 1.807) is 28.4 Å². The van der Waals surface area contributed by atoms with Gasteiger partial charge < -0.3 is 29.6 Å². The maximum atomic E-state index is 5.43. The van der Waals surface area contributed by atoms with Gasteiger partial charge in [-0.2, -0.15) is 0 Å². The molecule has 2 aromatic carbocycles. The van der Waals surface area contributed by atoms with Crippen molar-refractivity contribution in [3.63, 3.8) is 0 Å². The number of ether oxygens (including phenoxy) is 4. The molecule has 2 N–H and O–H groups in total. The van der Waals surface area contributed by atoms with Crippen molar-refractivity contribution >= 4 is 29.9 Å². The molecule has 0 atom stereocenters. The van der Waals surface area contributed by atoms with Crippen LogP contribution in [0.1, 0.15) is 23.6 Å². The van der Waals surface area contributed by atoms with E-state index in [-0.39, 0.29) is 24.0 Å². The molecule has 0 heterocycles. The lowest BCUT2D eigenvalue weighted by atomic mass is 10.1. The van der Waals surface area contributed by atoms with Gasteiger partial charge in [-0.05, 0) is 35.7 Å². The topological polar surface area (TPSA) is 73.3 Å². The van der Waals surface area contributed by atoms with E-state index in [2.05, 4.69) is 39.9 Å². The van der Waals surface area contributed by atoms with Crippen LogP contribution in [0, 0.1) is 0 Å². The Hall–Kier alpha value is -2.20. The van der Waals surface area contributed by atoms with Crippen molar-refractivity contribution in [3.8, 4) is 17.2 Å². The maximum absolute atomic E-state index is 5.43. The van der Waals surface area contributed by atoms with Gasteiger partial charge in [0.15, 0.2) is 17.5 Å². The first-order valence-corrected chi connectivity index (χ1v) is 9.54. The lowest BCUT2D eigenvalue weighted by Crippen LogP contribution is -2.36. The molecule has 0 bridgehead atoms. The van der Waals surface area contributed by atoms with Gasteiger partial charge in [0.2, 0.25) is 5.75 Å². The number of hydrogen-bond donors (Lipinski definition) is 2. The average molecular weight is 529 g/mol. The van der Waals surface area contributed by atoms with Crippen molar-refractivity contribution in [2.45, 2.75) is 26.6 Å². The predicted octanol–water partition coefficient (Wildman–Crippen LogP) is 3.73. The molecule has 2 aromatic rings. The highest BCUT2D eigenvalue weighted by Crippen LogP contribution is 2.38. The first kappa shape index (κ1) is 25.8. The Bertz CT molecular complexity index is 772. The van der Waals surface area contributed by atoms with Gasteiger partial charge in [0.1, 0.15) is 0 Å². The zero-order valence-corrected chi connectivity index (χ0v) is 20.6. The number of halogens is 1. The first-order chi connectivity index (χ1) is 14.1. The first-order valence-electron chi connectivity index (χ1n) is 9.54. The summed E-state index contributed by atoms with van der Waals surface area (Å²) < 4.78 is 21.6. The maximum Gasteiger partial charge on any atom is 0.203 e. The normalized spacial score (nSPS) is 10.8. The Balaban J connectivity index is 0.00000450. The third-order valence-electron chi connectivity index (χ3n) is 4.36. The van der Waals surface area contributed by atoms with E-state index in [1.165, 1.54) is 11.1 Å². The molecule has 0 radical (unpaired) electrons. The Morgan fingerprint density at radius 2 is 1.37 bits per heavy atom. The molecule has 0 aliphatic carbocycles. The van der Waals surface area contributed by atoms with Gasteiger partial charge in [0.05, 0.1) is 27.9 Å². The Kier molecular flexibility index (Phi) is 12.0. The summed E-state index contributed by atoms with van der Waals surface area (Å²) in [4.78, 5) is 4.28. The fourth-order valence-corrected chi connectivity index (χ4v) is 2.80. The minimum atomic E-state index is 0. The molecule has 0 spiro atoms. The molecule has 0 aromatic heterocycles. The van der Waals surface area contributed by atoms with Gasteiger partial charge in [0, 0.05) is 26.7 Å². The minimum Gasteiger partial charge on any atom is -0.493 e. The van der Waals surface area contributed by atoms with Crippen LogP contribution >= 0.6 is 24.0 Å². The smallest absolute Gasteiger partial charge is 0.203 e. The van der Waals surface area contributed by atoms with Crippen LogP contribution < -0.4 is 24.8 Å². The molecule has 7 nitrogen and oxygen atoms in total. The average Bonchev–Trinajstić information content (AvgIpc) is 2.77. The third-order valence-corrected chi connectivity index (χ3v) is 4.36. The number of methoxy groups -OCH3 is 3. The van der Waals surface area contributed by atoms with Crippen LogP contribution in [0.2, 0.25) is 0 Å². The van der Waals surface area contributed by atoms with Gasteiger partial charge in [-0.25, -0.2) is 0 Å². The highest BCUT2D eigenvalue weighted by molar-refractivity contribution is 14.0. The summed E-state index contributed by atoms with van der Waals surface area (Å²) >= 11 is 0. The molecule has 30 heavy (non-hydrogen) atoms. The monoisotopic (exact) mass is 529 g/mol. The fraction of sp³-hybridized carbons (Fsp3) is 0.409. The van der Waals surface area contributed by atoms with Crippen LogP contribution in [-0.2, 0) is 24.4 Å². The van der Waals surface area contributed by atoms with Gasteiger partial charge in [-0.1, -0.05) is 24.3 Å². The molecule has 2 rings (SSSR count). The molecule has 0 fully saturated rings. The molecule has 0 amide bonds. The molecule has 0 saturated carbocycles. The molecular weight excluding hydrogens is 497 g/mol. The Morgan fingerprint density at radius 1 is 0.833 bits per heavy atom. The predicted molar refractivity (Wildman–Crippen MR) is 130 cm³/mol. The van der Waals surface area contributed by atoms with Crippen molar-refractivity contribution in [1.29, 1.82) is 0 Å². The fourth-order valence-electron chi connectivity index (χ4n) is 2.80. The van der Waals surface area contributed by atoms with E-state index in [0.29, 0.717) is 42.9 Å². The zero-order chi connectivity index (χ0) is 21.1. The number of nitrogens with one attached hydrogen (secondary N) is 2. The highest BCUT2D eigenvalue weighted by atomic mass is 127. The lowest BCUT2D eigenvalue weighted by Gasteiger charge is -2.16. The molecule has 0 saturated heterocycles. The van der Waals surface area contributed by atoms with Crippen LogP contribution in [0.15, 0.2) is 41.4 Å². The number of rotatable bonds is 10. The summed E-state index contributed by atoms with van der Waals surface area (Å²) in [6.07, 6.45) is 0. The van der Waals surface area contributed by atoms with Crippen molar-refractivity contribution in [3.05, 3.63) is 53.1 Å². The van der Waals surface area contributed by atoms with E-state index < -0.39 is 0 Å². The number of nitrogens with zero attached hydrogens (tertiary/aromatic N) is 1. The summed E-state index contributed by atoms with van der Waals surface area (Å²) in [7, 11) is 6.55. The van der Waals surface area contributed by atoms with Crippen LogP contribution in [0.3, 0.4) is 0 Å². The number of benzene rings is 2. The molecule has 166 valence electrons. The SMILES string of the molecule is CCOCc1ccc(CNC(=NC)NCc2cc(OC)c(OC)c(OC)c2)cc1.I. The van der Waals surface area contributed by atoms with E-state index in [4.69, 9.17) is 18.9 Å². The van der Waals surface area contributed by atoms with Crippen LogP contribution in [-0.4, -0.2) is 40.9 Å². The van der Waals surface area contributed by atoms with E-state index in [1.807, 2.05) is 19.1 Å². The van der Waals surface area contributed by atoms with Gasteiger partial charge in [0.25, 0.3) is 0 Å². The van der Waals surface area contributed by atoms with Gasteiger partial charge in [-0.3, -0.25) is 4.99 Å². The standard InChI is InChI=1S/C22H31N3O4.HI/c1-6-29-15-17-9-7-16(8-10-17)13-24-22(23-2)25-14-18-11-19(26-3)21(28-5)20(12-18)27-4;/h7-12H,6,13-15H2,1-5H3,(H2,23,24,25);1H. The number of hydrogen-bond acceptors (Lipinski definition) is 5. The summed E-state index contributed by atoms with van der Waals surface area (Å²) in [6, 6.07) is 12.2. The van der Waals surface area contributed by atoms with Crippen LogP contribution in [0.4, 0.5) is 0 Å². The number of aliphatic imine (C=N–C) groups is 1. The van der Waals surface area contributed by atoms with Crippen LogP contribution in [0.25, 0.3) is 0 Å². The van der Waals surface area contributed by atoms with Crippen molar-refractivity contribution < 1.29 is 18.9 Å². The van der Waals surface area contributed by atoms with Crippen molar-refractivity contribution in [2.75, 3.05) is 35.0 Å². The van der Waals surface area contributed by atoms with Gasteiger partial charge in [-0.15, -0.1) is 24.0 Å². The molecule has 8 heteroatoms. The largest absolute Gasteiger partial charge is 0.493 e. The quantitative estimate of drug-likeness (QED) is 0.278. The second-order valence-corrected chi connectivity index (χ2v) is 6.27. The van der Waals surface area contributed by atoms with E-state index >= 15 is 0 Å². The van der Waals surface area contributed by atoms with E-state index in [9.17, 15) is 0 Å². The summed E-state index contributed by atoms with van der Waals surface area (Å²) in [6.45, 7) is 4.59. The Morgan fingerprint density at radius 3 is 1.83 bits per heavy atom. The lowest BCUT2D eigenvalue weighted by molar-refractivity contribution is 0.134. The minimum absolute atomic E-state index is 0. The second-order valence-electron chi connectivity index (χ2n) is 6.27. The van der Waals surface area contributed by atoms with Crippen molar-refractivity contribution in [1.82, 2.24) is 10.6 Å². The summed E-state index contributed by atoms with van der Waals surface area (Å²) in [5.41, 5.74) is 3.32.